The number of aliphatic hydroxyl groups excluding tert-OH is 1. The van der Waals surface area contributed by atoms with Gasteiger partial charge in [-0.3, -0.25) is 9.69 Å². The van der Waals surface area contributed by atoms with Gasteiger partial charge in [0.1, 0.15) is 0 Å². The number of halogens is 2. The number of β-amino-alcohol motifs (C(OH)–C–C–N with tert-alkyl or cyclic N) is 1. The zero-order valence-corrected chi connectivity index (χ0v) is 16.0. The summed E-state index contributed by atoms with van der Waals surface area (Å²) < 4.78 is 0. The summed E-state index contributed by atoms with van der Waals surface area (Å²) in [6.07, 6.45) is 1.69. The van der Waals surface area contributed by atoms with E-state index >= 15 is 0 Å². The molecule has 0 spiro atoms. The summed E-state index contributed by atoms with van der Waals surface area (Å²) in [6, 6.07) is 10.4. The maximum absolute atomic E-state index is 12.4. The minimum atomic E-state index is -0.337. The fourth-order valence-corrected chi connectivity index (χ4v) is 3.56. The lowest BCUT2D eigenvalue weighted by Gasteiger charge is -2.32. The van der Waals surface area contributed by atoms with Crippen LogP contribution in [0.1, 0.15) is 18.4 Å². The van der Waals surface area contributed by atoms with E-state index in [1.54, 1.807) is 0 Å². The maximum Gasteiger partial charge on any atom is 0.224 e. The van der Waals surface area contributed by atoms with Crippen molar-refractivity contribution in [2.45, 2.75) is 25.5 Å². The van der Waals surface area contributed by atoms with Gasteiger partial charge in [-0.05, 0) is 24.9 Å². The minimum absolute atomic E-state index is 0. The first kappa shape index (κ1) is 22.2. The fraction of sp³-hybridized carbons (Fsp3) is 0.611. The highest BCUT2D eigenvalue weighted by Crippen LogP contribution is 2.19. The number of piperidine rings is 1. The molecule has 2 heterocycles. The molecule has 0 radical (unpaired) electrons. The Balaban J connectivity index is 0.00000156. The second-order valence-corrected chi connectivity index (χ2v) is 6.79. The number of aliphatic hydroxyl groups is 1. The molecule has 0 saturated carbocycles. The number of amides is 1. The zero-order chi connectivity index (χ0) is 16.1. The largest absolute Gasteiger partial charge is 0.391 e. The molecule has 25 heavy (non-hydrogen) atoms. The van der Waals surface area contributed by atoms with Crippen molar-refractivity contribution in [1.82, 2.24) is 15.5 Å². The number of rotatable bonds is 5. The van der Waals surface area contributed by atoms with Crippen molar-refractivity contribution in [3.63, 3.8) is 0 Å². The highest BCUT2D eigenvalue weighted by Gasteiger charge is 2.28. The molecule has 7 heteroatoms. The first-order chi connectivity index (χ1) is 11.2. The van der Waals surface area contributed by atoms with Crippen LogP contribution in [0.5, 0.6) is 0 Å². The van der Waals surface area contributed by atoms with Crippen LogP contribution < -0.4 is 10.6 Å². The topological polar surface area (TPSA) is 64.6 Å². The summed E-state index contributed by atoms with van der Waals surface area (Å²) in [5, 5.41) is 16.0. The molecule has 142 valence electrons. The van der Waals surface area contributed by atoms with Gasteiger partial charge in [-0.25, -0.2) is 0 Å². The van der Waals surface area contributed by atoms with E-state index in [9.17, 15) is 9.90 Å². The average molecular weight is 390 g/mol. The van der Waals surface area contributed by atoms with Crippen LogP contribution in [0, 0.1) is 11.8 Å². The van der Waals surface area contributed by atoms with Gasteiger partial charge in [0.15, 0.2) is 0 Å². The number of nitrogens with one attached hydrogen (secondary N) is 2. The summed E-state index contributed by atoms with van der Waals surface area (Å²) in [5.74, 6) is 0.351. The lowest BCUT2D eigenvalue weighted by atomic mass is 9.96. The van der Waals surface area contributed by atoms with Gasteiger partial charge in [0.25, 0.3) is 0 Å². The fourth-order valence-electron chi connectivity index (χ4n) is 3.56. The Kier molecular flexibility index (Phi) is 9.75. The Morgan fingerprint density at radius 3 is 2.68 bits per heavy atom. The molecule has 1 amide bonds. The molecule has 2 aliphatic rings. The molecule has 3 N–H and O–H groups in total. The molecule has 2 aliphatic heterocycles. The Morgan fingerprint density at radius 2 is 2.00 bits per heavy atom. The van der Waals surface area contributed by atoms with Gasteiger partial charge in [0, 0.05) is 38.6 Å². The second kappa shape index (κ2) is 11.0. The van der Waals surface area contributed by atoms with Crippen molar-refractivity contribution < 1.29 is 9.90 Å². The smallest absolute Gasteiger partial charge is 0.224 e. The summed E-state index contributed by atoms with van der Waals surface area (Å²) in [4.78, 5) is 14.8. The van der Waals surface area contributed by atoms with Crippen molar-refractivity contribution in [1.29, 1.82) is 0 Å². The molecule has 2 fully saturated rings. The predicted molar refractivity (Wildman–Crippen MR) is 104 cm³/mol. The lowest BCUT2D eigenvalue weighted by Crippen LogP contribution is -2.44. The Morgan fingerprint density at radius 1 is 1.24 bits per heavy atom. The van der Waals surface area contributed by atoms with Gasteiger partial charge >= 0.3 is 0 Å². The van der Waals surface area contributed by atoms with Gasteiger partial charge in [-0.1, -0.05) is 30.3 Å². The summed E-state index contributed by atoms with van der Waals surface area (Å²) in [7, 11) is 0. The SMILES string of the molecule is Cl.Cl.O=C(NCC1CNCC1O)C1CCCN(Cc2ccccc2)C1. The van der Waals surface area contributed by atoms with Gasteiger partial charge in [-0.15, -0.1) is 24.8 Å². The third kappa shape index (κ3) is 6.42. The van der Waals surface area contributed by atoms with E-state index in [1.807, 2.05) is 6.07 Å². The van der Waals surface area contributed by atoms with Crippen LogP contribution in [0.15, 0.2) is 30.3 Å². The molecular formula is C18H29Cl2N3O2. The molecule has 1 aromatic carbocycles. The predicted octanol–water partition coefficient (Wildman–Crippen LogP) is 1.44. The first-order valence-corrected chi connectivity index (χ1v) is 8.65. The molecule has 3 atom stereocenters. The highest BCUT2D eigenvalue weighted by molar-refractivity contribution is 5.85. The van der Waals surface area contributed by atoms with Gasteiger partial charge in [0.05, 0.1) is 12.0 Å². The first-order valence-electron chi connectivity index (χ1n) is 8.65. The van der Waals surface area contributed by atoms with Crippen LogP contribution in [0.3, 0.4) is 0 Å². The monoisotopic (exact) mass is 389 g/mol. The molecule has 1 aromatic rings. The van der Waals surface area contributed by atoms with Crippen LogP contribution in [0.4, 0.5) is 0 Å². The summed E-state index contributed by atoms with van der Waals surface area (Å²) >= 11 is 0. The number of likely N-dealkylation sites (tertiary alicyclic amines) is 1. The van der Waals surface area contributed by atoms with Crippen LogP contribution in [0.25, 0.3) is 0 Å². The Labute approximate surface area is 162 Å². The standard InChI is InChI=1S/C18H27N3O2.2ClH/c22-17-11-19-9-16(17)10-20-18(23)15-7-4-8-21(13-15)12-14-5-2-1-3-6-14;;/h1-3,5-6,15-17,19,22H,4,7-13H2,(H,20,23);2*1H. The van der Waals surface area contributed by atoms with E-state index in [4.69, 9.17) is 0 Å². The van der Waals surface area contributed by atoms with Crippen LogP contribution in [-0.2, 0) is 11.3 Å². The molecular weight excluding hydrogens is 361 g/mol. The third-order valence-electron chi connectivity index (χ3n) is 4.97. The second-order valence-electron chi connectivity index (χ2n) is 6.79. The number of hydrogen-bond acceptors (Lipinski definition) is 4. The number of hydrogen-bond donors (Lipinski definition) is 3. The number of carbonyl (C=O) groups excluding carboxylic acids is 1. The maximum atomic E-state index is 12.4. The van der Waals surface area contributed by atoms with Crippen LogP contribution in [-0.4, -0.2) is 54.7 Å². The Bertz CT molecular complexity index is 518. The Hall–Kier alpha value is -0.850. The van der Waals surface area contributed by atoms with Gasteiger partial charge in [0.2, 0.25) is 5.91 Å². The molecule has 5 nitrogen and oxygen atoms in total. The van der Waals surface area contributed by atoms with Gasteiger partial charge < -0.3 is 15.7 Å². The number of benzene rings is 1. The average Bonchev–Trinajstić information content (AvgIpc) is 2.99. The van der Waals surface area contributed by atoms with E-state index in [0.717, 1.165) is 39.0 Å². The minimum Gasteiger partial charge on any atom is -0.391 e. The van der Waals surface area contributed by atoms with E-state index in [1.165, 1.54) is 5.56 Å². The van der Waals surface area contributed by atoms with Crippen molar-refractivity contribution in [2.24, 2.45) is 11.8 Å². The van der Waals surface area contributed by atoms with E-state index in [-0.39, 0.29) is 48.7 Å². The van der Waals surface area contributed by atoms with E-state index in [2.05, 4.69) is 39.8 Å². The highest BCUT2D eigenvalue weighted by atomic mass is 35.5. The van der Waals surface area contributed by atoms with Crippen molar-refractivity contribution in [2.75, 3.05) is 32.7 Å². The van der Waals surface area contributed by atoms with Crippen LogP contribution >= 0.6 is 24.8 Å². The van der Waals surface area contributed by atoms with Crippen molar-refractivity contribution >= 4 is 30.7 Å². The molecule has 3 rings (SSSR count). The molecule has 0 aromatic heterocycles. The van der Waals surface area contributed by atoms with Crippen LogP contribution in [0.2, 0.25) is 0 Å². The van der Waals surface area contributed by atoms with E-state index in [0.29, 0.717) is 13.1 Å². The third-order valence-corrected chi connectivity index (χ3v) is 4.97. The molecule has 2 saturated heterocycles. The van der Waals surface area contributed by atoms with Crippen molar-refractivity contribution in [3.05, 3.63) is 35.9 Å². The molecule has 0 bridgehead atoms. The lowest BCUT2D eigenvalue weighted by molar-refractivity contribution is -0.127. The molecule has 3 unspecified atom stereocenters. The van der Waals surface area contributed by atoms with Gasteiger partial charge in [-0.2, -0.15) is 0 Å². The quantitative estimate of drug-likeness (QED) is 0.712. The summed E-state index contributed by atoms with van der Waals surface area (Å²) in [5.41, 5.74) is 1.30. The van der Waals surface area contributed by atoms with Crippen molar-refractivity contribution in [3.8, 4) is 0 Å². The normalized spacial score (nSPS) is 26.4. The van der Waals surface area contributed by atoms with E-state index < -0.39 is 0 Å². The zero-order valence-electron chi connectivity index (χ0n) is 14.4. The number of carbonyl (C=O) groups is 1. The molecule has 0 aliphatic carbocycles. The summed E-state index contributed by atoms with van der Waals surface area (Å²) in [6.45, 7) is 4.79. The number of nitrogens with zero attached hydrogens (tertiary/aromatic N) is 1.